The number of anilines is 4. The van der Waals surface area contributed by atoms with E-state index in [-0.39, 0.29) is 17.4 Å². The van der Waals surface area contributed by atoms with Crippen molar-refractivity contribution in [2.24, 2.45) is 0 Å². The zero-order chi connectivity index (χ0) is 24.8. The van der Waals surface area contributed by atoms with Gasteiger partial charge in [-0.25, -0.2) is 18.9 Å². The molecule has 178 valence electrons. The molecule has 0 unspecified atom stereocenters. The van der Waals surface area contributed by atoms with Gasteiger partial charge in [0.1, 0.15) is 17.7 Å². The summed E-state index contributed by atoms with van der Waals surface area (Å²) in [7, 11) is 0. The lowest BCUT2D eigenvalue weighted by Crippen LogP contribution is -2.21. The Morgan fingerprint density at radius 2 is 2.00 bits per heavy atom. The van der Waals surface area contributed by atoms with Gasteiger partial charge in [-0.2, -0.15) is 5.26 Å². The maximum Gasteiger partial charge on any atom is 0.276 e. The van der Waals surface area contributed by atoms with Gasteiger partial charge in [0.05, 0.1) is 29.3 Å². The van der Waals surface area contributed by atoms with Gasteiger partial charge in [0.2, 0.25) is 0 Å². The Kier molecular flexibility index (Phi) is 7.11. The summed E-state index contributed by atoms with van der Waals surface area (Å²) in [6.07, 6.45) is 8.10. The molecule has 0 aromatic carbocycles. The number of halogens is 1. The van der Waals surface area contributed by atoms with Crippen molar-refractivity contribution in [1.82, 2.24) is 24.6 Å². The van der Waals surface area contributed by atoms with E-state index in [2.05, 4.69) is 49.8 Å². The lowest BCUT2D eigenvalue weighted by molar-refractivity contribution is 0.102. The first-order valence-corrected chi connectivity index (χ1v) is 11.2. The van der Waals surface area contributed by atoms with Gasteiger partial charge in [-0.3, -0.25) is 9.78 Å². The molecule has 0 spiro atoms. The Balaban J connectivity index is 1.73. The maximum absolute atomic E-state index is 14.0. The molecule has 0 aliphatic rings. The molecule has 0 aliphatic heterocycles. The third kappa shape index (κ3) is 5.33. The van der Waals surface area contributed by atoms with Crippen molar-refractivity contribution >= 4 is 34.6 Å². The molecule has 0 fully saturated rings. The molecule has 0 radical (unpaired) electrons. The van der Waals surface area contributed by atoms with Gasteiger partial charge in [0.25, 0.3) is 5.91 Å². The van der Waals surface area contributed by atoms with E-state index < -0.39 is 11.7 Å². The summed E-state index contributed by atoms with van der Waals surface area (Å²) in [5.41, 5.74) is 1.50. The Morgan fingerprint density at radius 1 is 1.14 bits per heavy atom. The number of fused-ring (bicyclic) bond motifs is 1. The maximum atomic E-state index is 14.0. The molecule has 0 saturated carbocycles. The van der Waals surface area contributed by atoms with Gasteiger partial charge in [-0.1, -0.05) is 20.3 Å². The number of imidazole rings is 1. The van der Waals surface area contributed by atoms with E-state index in [0.717, 1.165) is 25.5 Å². The van der Waals surface area contributed by atoms with Crippen LogP contribution < -0.4 is 16.0 Å². The third-order valence-electron chi connectivity index (χ3n) is 5.36. The molecule has 0 aliphatic carbocycles. The number of amides is 1. The van der Waals surface area contributed by atoms with Crippen LogP contribution >= 0.6 is 0 Å². The van der Waals surface area contributed by atoms with Crippen molar-refractivity contribution in [3.63, 3.8) is 0 Å². The van der Waals surface area contributed by atoms with Crippen LogP contribution in [-0.2, 0) is 0 Å². The molecule has 4 aromatic heterocycles. The smallest absolute Gasteiger partial charge is 0.276 e. The third-order valence-corrected chi connectivity index (χ3v) is 5.36. The van der Waals surface area contributed by atoms with Crippen LogP contribution in [0.1, 0.15) is 49.2 Å². The largest absolute Gasteiger partial charge is 0.366 e. The van der Waals surface area contributed by atoms with E-state index >= 15 is 0 Å². The Morgan fingerprint density at radius 3 is 2.69 bits per heavy atom. The fraction of sp³-hybridized carbons (Fsp3) is 0.250. The molecule has 1 atom stereocenters. The standard InChI is InChI=1S/C24H24FN9O/c1-3-5-16(4-2)30-22-10-19(31-21-7-6-15(11-26)12-28-21)23-29-14-20(34(23)33-22)24(35)32-18-8-9-27-13-17(18)25/h6-10,12-14,16H,3-5H2,1-2H3,(H,28,31)(H,30,33)(H,27,32,35)/t16-/m1/s1. The average Bonchev–Trinajstić information content (AvgIpc) is 3.30. The van der Waals surface area contributed by atoms with Gasteiger partial charge in [-0.15, -0.1) is 5.10 Å². The van der Waals surface area contributed by atoms with Crippen molar-refractivity contribution < 1.29 is 9.18 Å². The Hall–Kier alpha value is -4.59. The fourth-order valence-corrected chi connectivity index (χ4v) is 3.56. The van der Waals surface area contributed by atoms with Gasteiger partial charge in [0.15, 0.2) is 17.2 Å². The number of carbonyl (C=O) groups excluding carboxylic acids is 1. The number of nitrogens with one attached hydrogen (secondary N) is 3. The second-order valence-electron chi connectivity index (χ2n) is 7.84. The average molecular weight is 474 g/mol. The number of aromatic nitrogens is 5. The van der Waals surface area contributed by atoms with Gasteiger partial charge >= 0.3 is 0 Å². The molecule has 1 amide bonds. The van der Waals surface area contributed by atoms with E-state index in [1.807, 2.05) is 6.07 Å². The summed E-state index contributed by atoms with van der Waals surface area (Å²) in [6.45, 7) is 4.20. The van der Waals surface area contributed by atoms with Crippen LogP contribution in [0.15, 0.2) is 49.1 Å². The molecule has 35 heavy (non-hydrogen) atoms. The fourth-order valence-electron chi connectivity index (χ4n) is 3.56. The number of hydrogen-bond donors (Lipinski definition) is 3. The second-order valence-corrected chi connectivity index (χ2v) is 7.84. The lowest BCUT2D eigenvalue weighted by Gasteiger charge is -2.18. The van der Waals surface area contributed by atoms with E-state index in [9.17, 15) is 9.18 Å². The van der Waals surface area contributed by atoms with Crippen molar-refractivity contribution in [2.45, 2.75) is 39.2 Å². The minimum Gasteiger partial charge on any atom is -0.366 e. The van der Waals surface area contributed by atoms with Crippen LogP contribution in [0.4, 0.5) is 27.4 Å². The zero-order valence-corrected chi connectivity index (χ0v) is 19.3. The number of carbonyl (C=O) groups is 1. The molecule has 0 bridgehead atoms. The Labute approximate surface area is 201 Å². The topological polar surface area (TPSA) is 133 Å². The summed E-state index contributed by atoms with van der Waals surface area (Å²) in [5, 5.41) is 22.8. The first-order valence-electron chi connectivity index (χ1n) is 11.2. The molecule has 3 N–H and O–H groups in total. The first-order chi connectivity index (χ1) is 17.0. The zero-order valence-electron chi connectivity index (χ0n) is 19.3. The summed E-state index contributed by atoms with van der Waals surface area (Å²) in [4.78, 5) is 25.3. The normalized spacial score (nSPS) is 11.6. The summed E-state index contributed by atoms with van der Waals surface area (Å²) < 4.78 is 15.4. The van der Waals surface area contributed by atoms with Crippen molar-refractivity contribution in [3.8, 4) is 6.07 Å². The molecule has 10 nitrogen and oxygen atoms in total. The van der Waals surface area contributed by atoms with Crippen LogP contribution in [0.25, 0.3) is 5.65 Å². The summed E-state index contributed by atoms with van der Waals surface area (Å²) >= 11 is 0. The van der Waals surface area contributed by atoms with Crippen molar-refractivity contribution in [1.29, 1.82) is 5.26 Å². The Bertz CT molecular complexity index is 1380. The predicted octanol–water partition coefficient (Wildman–Crippen LogP) is 4.52. The highest BCUT2D eigenvalue weighted by Gasteiger charge is 2.19. The molecule has 11 heteroatoms. The number of rotatable bonds is 9. The van der Waals surface area contributed by atoms with Gasteiger partial charge in [-0.05, 0) is 31.0 Å². The number of nitriles is 1. The molecule has 4 rings (SSSR count). The van der Waals surface area contributed by atoms with E-state index in [1.165, 1.54) is 29.2 Å². The van der Waals surface area contributed by atoms with Gasteiger partial charge in [0, 0.05) is 24.5 Å². The second kappa shape index (κ2) is 10.6. The molecule has 4 heterocycles. The van der Waals surface area contributed by atoms with Crippen LogP contribution in [0.2, 0.25) is 0 Å². The highest BCUT2D eigenvalue weighted by Crippen LogP contribution is 2.25. The van der Waals surface area contributed by atoms with Crippen LogP contribution in [0.3, 0.4) is 0 Å². The van der Waals surface area contributed by atoms with E-state index in [0.29, 0.717) is 28.5 Å². The van der Waals surface area contributed by atoms with Crippen molar-refractivity contribution in [3.05, 3.63) is 66.1 Å². The summed E-state index contributed by atoms with van der Waals surface area (Å²) in [6, 6.07) is 8.72. The lowest BCUT2D eigenvalue weighted by atomic mass is 10.1. The van der Waals surface area contributed by atoms with Crippen LogP contribution in [0.5, 0.6) is 0 Å². The quantitative estimate of drug-likeness (QED) is 0.323. The summed E-state index contributed by atoms with van der Waals surface area (Å²) in [5.74, 6) is -0.188. The number of pyridine rings is 2. The van der Waals surface area contributed by atoms with Crippen LogP contribution in [-0.4, -0.2) is 36.5 Å². The molecule has 4 aromatic rings. The number of nitrogens with zero attached hydrogens (tertiary/aromatic N) is 6. The van der Waals surface area contributed by atoms with Crippen LogP contribution in [0, 0.1) is 17.1 Å². The molecular weight excluding hydrogens is 449 g/mol. The number of hydrogen-bond acceptors (Lipinski definition) is 8. The molecular formula is C24H24FN9O. The minimum atomic E-state index is -0.649. The minimum absolute atomic E-state index is 0.00311. The van der Waals surface area contributed by atoms with E-state index in [4.69, 9.17) is 5.26 Å². The van der Waals surface area contributed by atoms with E-state index in [1.54, 1.807) is 18.2 Å². The highest BCUT2D eigenvalue weighted by atomic mass is 19.1. The predicted molar refractivity (Wildman–Crippen MR) is 130 cm³/mol. The monoisotopic (exact) mass is 473 g/mol. The first kappa shape index (κ1) is 23.6. The van der Waals surface area contributed by atoms with Gasteiger partial charge < -0.3 is 16.0 Å². The molecule has 0 saturated heterocycles. The highest BCUT2D eigenvalue weighted by molar-refractivity contribution is 6.03. The van der Waals surface area contributed by atoms with Crippen molar-refractivity contribution in [2.75, 3.05) is 16.0 Å². The SMILES string of the molecule is CCC[C@@H](CC)Nc1cc(Nc2ccc(C#N)cn2)c2ncc(C(=O)Nc3ccncc3F)n2n1.